The number of rotatable bonds is 4. The maximum atomic E-state index is 13.1. The summed E-state index contributed by atoms with van der Waals surface area (Å²) in [6.07, 6.45) is 2.70. The lowest BCUT2D eigenvalue weighted by molar-refractivity contribution is -0.175. The maximum Gasteiger partial charge on any atom is 0.238 e. The van der Waals surface area contributed by atoms with Gasteiger partial charge in [0, 0.05) is 25.3 Å². The van der Waals surface area contributed by atoms with Gasteiger partial charge in [-0.05, 0) is 30.7 Å². The number of likely N-dealkylation sites (tertiary alicyclic amines) is 1. The fraction of sp³-hybridized carbons (Fsp3) is 0.368. The number of para-hydroxylation sites is 1. The number of hydrogen-bond acceptors (Lipinski definition) is 4. The zero-order chi connectivity index (χ0) is 17.6. The second-order valence-corrected chi connectivity index (χ2v) is 6.82. The molecule has 2 aliphatic heterocycles. The van der Waals surface area contributed by atoms with E-state index in [1.165, 1.54) is 0 Å². The Bertz CT molecular complexity index is 817. The second kappa shape index (κ2) is 5.65. The fourth-order valence-electron chi connectivity index (χ4n) is 4.06. The van der Waals surface area contributed by atoms with Crippen LogP contribution in [0, 0.1) is 5.92 Å². The topological polar surface area (TPSA) is 85.8 Å². The number of piperidine rings is 1. The van der Waals surface area contributed by atoms with Crippen molar-refractivity contribution in [3.05, 3.63) is 54.0 Å². The molecule has 1 aromatic heterocycles. The minimum absolute atomic E-state index is 0.250. The van der Waals surface area contributed by atoms with Gasteiger partial charge in [0.1, 0.15) is 17.4 Å². The number of ether oxygens (including phenoxy) is 1. The van der Waals surface area contributed by atoms with Gasteiger partial charge in [-0.1, -0.05) is 18.2 Å². The maximum absolute atomic E-state index is 13.1. The van der Waals surface area contributed by atoms with Gasteiger partial charge in [-0.2, -0.15) is 0 Å². The molecule has 130 valence electrons. The standard InChI is InChI=1S/C19H20N2O4/c1-19-11-14(13-6-2-3-7-15(13)25-19)16(17(20)22)18(23)21(19)9-8-12-5-4-10-24-12/h2-7,10,14,16H,8-9,11H2,1H3,(H2,20,22)/t14-,16-,19-/m0/s1. The number of carbonyl (C=O) groups excluding carboxylic acids is 2. The van der Waals surface area contributed by atoms with Gasteiger partial charge in [-0.3, -0.25) is 9.59 Å². The molecule has 0 radical (unpaired) electrons. The highest BCUT2D eigenvalue weighted by Crippen LogP contribution is 2.49. The van der Waals surface area contributed by atoms with E-state index in [0.717, 1.165) is 11.3 Å². The zero-order valence-electron chi connectivity index (χ0n) is 14.0. The van der Waals surface area contributed by atoms with Crippen LogP contribution in [0.2, 0.25) is 0 Å². The minimum Gasteiger partial charge on any atom is -0.469 e. The second-order valence-electron chi connectivity index (χ2n) is 6.82. The third-order valence-corrected chi connectivity index (χ3v) is 5.22. The highest BCUT2D eigenvalue weighted by atomic mass is 16.5. The van der Waals surface area contributed by atoms with Crippen LogP contribution in [0.3, 0.4) is 0 Å². The molecule has 6 heteroatoms. The third kappa shape index (κ3) is 2.49. The average molecular weight is 340 g/mol. The van der Waals surface area contributed by atoms with Crippen LogP contribution in [-0.2, 0) is 16.0 Å². The summed E-state index contributed by atoms with van der Waals surface area (Å²) in [6.45, 7) is 2.30. The molecule has 2 amide bonds. The Kier molecular flexibility index (Phi) is 3.56. The Balaban J connectivity index is 1.71. The smallest absolute Gasteiger partial charge is 0.238 e. The van der Waals surface area contributed by atoms with Gasteiger partial charge in [-0.15, -0.1) is 0 Å². The van der Waals surface area contributed by atoms with Gasteiger partial charge < -0.3 is 19.8 Å². The van der Waals surface area contributed by atoms with Crippen molar-refractivity contribution in [3.8, 4) is 5.75 Å². The molecular formula is C19H20N2O4. The fourth-order valence-corrected chi connectivity index (χ4v) is 4.06. The van der Waals surface area contributed by atoms with Crippen LogP contribution in [0.4, 0.5) is 0 Å². The molecule has 6 nitrogen and oxygen atoms in total. The summed E-state index contributed by atoms with van der Waals surface area (Å²) < 4.78 is 11.6. The van der Waals surface area contributed by atoms with E-state index >= 15 is 0 Å². The number of furan rings is 1. The van der Waals surface area contributed by atoms with Gasteiger partial charge in [0.05, 0.1) is 6.26 Å². The number of hydrogen-bond donors (Lipinski definition) is 1. The first-order valence-electron chi connectivity index (χ1n) is 8.41. The Morgan fingerprint density at radius 2 is 2.12 bits per heavy atom. The van der Waals surface area contributed by atoms with E-state index in [1.54, 1.807) is 11.2 Å². The highest BCUT2D eigenvalue weighted by molar-refractivity contribution is 6.01. The number of nitrogens with zero attached hydrogens (tertiary/aromatic N) is 1. The lowest BCUT2D eigenvalue weighted by Crippen LogP contribution is -2.64. The first-order valence-corrected chi connectivity index (χ1v) is 8.41. The molecule has 0 aliphatic carbocycles. The number of carbonyl (C=O) groups is 2. The van der Waals surface area contributed by atoms with E-state index in [-0.39, 0.29) is 11.8 Å². The number of fused-ring (bicyclic) bond motifs is 4. The van der Waals surface area contributed by atoms with E-state index < -0.39 is 17.6 Å². The van der Waals surface area contributed by atoms with Crippen molar-refractivity contribution < 1.29 is 18.7 Å². The van der Waals surface area contributed by atoms with Crippen LogP contribution < -0.4 is 10.5 Å². The molecule has 4 rings (SSSR count). The molecule has 2 bridgehead atoms. The molecule has 0 unspecified atom stereocenters. The Labute approximate surface area is 145 Å². The normalized spacial score (nSPS) is 27.6. The quantitative estimate of drug-likeness (QED) is 0.863. The molecule has 2 aromatic rings. The van der Waals surface area contributed by atoms with Crippen molar-refractivity contribution in [2.45, 2.75) is 31.4 Å². The molecule has 0 spiro atoms. The molecule has 3 heterocycles. The SMILES string of the molecule is C[C@@]12C[C@@H](c3ccccc3O1)[C@@H](C(N)=O)C(=O)N2CCc1ccco1. The molecule has 2 aliphatic rings. The van der Waals surface area contributed by atoms with Crippen LogP contribution in [0.1, 0.15) is 30.6 Å². The summed E-state index contributed by atoms with van der Waals surface area (Å²) in [5.41, 5.74) is 5.68. The van der Waals surface area contributed by atoms with E-state index in [4.69, 9.17) is 14.9 Å². The lowest BCUT2D eigenvalue weighted by atomic mass is 9.73. The lowest BCUT2D eigenvalue weighted by Gasteiger charge is -2.52. The highest BCUT2D eigenvalue weighted by Gasteiger charge is 2.55. The predicted octanol–water partition coefficient (Wildman–Crippen LogP) is 2.05. The van der Waals surface area contributed by atoms with E-state index in [9.17, 15) is 9.59 Å². The largest absolute Gasteiger partial charge is 0.469 e. The summed E-state index contributed by atoms with van der Waals surface area (Å²) in [5, 5.41) is 0. The molecule has 1 saturated heterocycles. The van der Waals surface area contributed by atoms with E-state index in [1.807, 2.05) is 43.3 Å². The zero-order valence-corrected chi connectivity index (χ0v) is 14.0. The first-order chi connectivity index (χ1) is 12.0. The summed E-state index contributed by atoms with van der Waals surface area (Å²) in [6, 6.07) is 11.2. The van der Waals surface area contributed by atoms with Crippen LogP contribution in [0.25, 0.3) is 0 Å². The van der Waals surface area contributed by atoms with Crippen molar-refractivity contribution in [2.75, 3.05) is 6.54 Å². The number of primary amides is 1. The van der Waals surface area contributed by atoms with Crippen molar-refractivity contribution in [2.24, 2.45) is 11.7 Å². The molecule has 1 aromatic carbocycles. The monoisotopic (exact) mass is 340 g/mol. The first kappa shape index (κ1) is 15.7. The molecule has 2 N–H and O–H groups in total. The summed E-state index contributed by atoms with van der Waals surface area (Å²) in [4.78, 5) is 26.8. The number of benzene rings is 1. The summed E-state index contributed by atoms with van der Waals surface area (Å²) in [5.74, 6) is -0.480. The van der Waals surface area contributed by atoms with Crippen LogP contribution in [0.15, 0.2) is 47.1 Å². The van der Waals surface area contributed by atoms with Crippen LogP contribution >= 0.6 is 0 Å². The van der Waals surface area contributed by atoms with Gasteiger partial charge >= 0.3 is 0 Å². The Morgan fingerprint density at radius 3 is 2.84 bits per heavy atom. The van der Waals surface area contributed by atoms with E-state index in [0.29, 0.717) is 25.1 Å². The molecular weight excluding hydrogens is 320 g/mol. The van der Waals surface area contributed by atoms with Gasteiger partial charge in [0.15, 0.2) is 5.72 Å². The number of nitrogens with two attached hydrogens (primary N) is 1. The Morgan fingerprint density at radius 1 is 1.32 bits per heavy atom. The van der Waals surface area contributed by atoms with Crippen molar-refractivity contribution in [1.29, 1.82) is 0 Å². The third-order valence-electron chi connectivity index (χ3n) is 5.22. The molecule has 1 fully saturated rings. The van der Waals surface area contributed by atoms with Gasteiger partial charge in [-0.25, -0.2) is 0 Å². The van der Waals surface area contributed by atoms with Crippen molar-refractivity contribution in [3.63, 3.8) is 0 Å². The summed E-state index contributed by atoms with van der Waals surface area (Å²) >= 11 is 0. The van der Waals surface area contributed by atoms with Crippen LogP contribution in [0.5, 0.6) is 5.75 Å². The van der Waals surface area contributed by atoms with Crippen molar-refractivity contribution in [1.82, 2.24) is 4.90 Å². The predicted molar refractivity (Wildman–Crippen MR) is 89.6 cm³/mol. The molecule has 3 atom stereocenters. The van der Waals surface area contributed by atoms with Crippen molar-refractivity contribution >= 4 is 11.8 Å². The average Bonchev–Trinajstić information content (AvgIpc) is 3.07. The summed E-state index contributed by atoms with van der Waals surface area (Å²) in [7, 11) is 0. The minimum atomic E-state index is -0.866. The van der Waals surface area contributed by atoms with Gasteiger partial charge in [0.25, 0.3) is 0 Å². The molecule has 0 saturated carbocycles. The molecule has 25 heavy (non-hydrogen) atoms. The van der Waals surface area contributed by atoms with Gasteiger partial charge in [0.2, 0.25) is 11.8 Å². The number of amides is 2. The van der Waals surface area contributed by atoms with E-state index in [2.05, 4.69) is 0 Å². The Hall–Kier alpha value is -2.76. The van der Waals surface area contributed by atoms with Crippen LogP contribution in [-0.4, -0.2) is 29.0 Å².